The van der Waals surface area contributed by atoms with Crippen molar-refractivity contribution in [1.82, 2.24) is 15.3 Å². The minimum atomic E-state index is -0.357. The minimum absolute atomic E-state index is 0.00317. The second kappa shape index (κ2) is 10.4. The topological polar surface area (TPSA) is 104 Å². The molecular formula is C22H24N4O3S2. The van der Waals surface area contributed by atoms with Gasteiger partial charge < -0.3 is 15.6 Å². The zero-order valence-electron chi connectivity index (χ0n) is 17.6. The molecule has 0 radical (unpaired) electrons. The highest BCUT2D eigenvalue weighted by atomic mass is 32.2. The summed E-state index contributed by atoms with van der Waals surface area (Å²) in [6.45, 7) is 6.36. The highest BCUT2D eigenvalue weighted by molar-refractivity contribution is 7.99. The number of H-pyrrole nitrogens is 1. The molecule has 0 aliphatic rings. The maximum atomic E-state index is 12.4. The Hall–Kier alpha value is -2.91. The van der Waals surface area contributed by atoms with Crippen LogP contribution in [0.1, 0.15) is 27.3 Å². The Kier molecular flexibility index (Phi) is 7.64. The Morgan fingerprint density at radius 2 is 1.87 bits per heavy atom. The van der Waals surface area contributed by atoms with E-state index in [4.69, 9.17) is 0 Å². The number of hydrogen-bond acceptors (Lipinski definition) is 6. The first-order valence-electron chi connectivity index (χ1n) is 9.70. The summed E-state index contributed by atoms with van der Waals surface area (Å²) in [5.74, 6) is -0.323. The number of anilines is 1. The Morgan fingerprint density at radius 1 is 1.13 bits per heavy atom. The first-order chi connectivity index (χ1) is 14.8. The number of hydrogen-bond donors (Lipinski definition) is 3. The molecular weight excluding hydrogens is 432 g/mol. The van der Waals surface area contributed by atoms with Crippen LogP contribution in [0.2, 0.25) is 0 Å². The van der Waals surface area contributed by atoms with E-state index in [2.05, 4.69) is 20.6 Å². The quantitative estimate of drug-likeness (QED) is 0.356. The lowest BCUT2D eigenvalue weighted by Crippen LogP contribution is -2.25. The number of aromatic amines is 1. The average molecular weight is 457 g/mol. The first-order valence-corrected chi connectivity index (χ1v) is 11.6. The van der Waals surface area contributed by atoms with Gasteiger partial charge in [0.15, 0.2) is 5.16 Å². The van der Waals surface area contributed by atoms with Crippen LogP contribution >= 0.6 is 23.1 Å². The summed E-state index contributed by atoms with van der Waals surface area (Å²) in [5.41, 5.74) is 3.94. The molecule has 0 aliphatic carbocycles. The molecule has 0 unspecified atom stereocenters. The summed E-state index contributed by atoms with van der Waals surface area (Å²) in [5, 5.41) is 7.99. The van der Waals surface area contributed by atoms with E-state index in [0.717, 1.165) is 39.0 Å². The second-order valence-corrected chi connectivity index (χ2v) is 9.18. The molecule has 0 bridgehead atoms. The van der Waals surface area contributed by atoms with Crippen molar-refractivity contribution in [1.29, 1.82) is 0 Å². The third-order valence-corrected chi connectivity index (χ3v) is 6.19. The van der Waals surface area contributed by atoms with Gasteiger partial charge in [-0.05, 0) is 43.3 Å². The number of thioether (sulfide) groups is 1. The van der Waals surface area contributed by atoms with E-state index in [1.54, 1.807) is 11.3 Å². The number of benzene rings is 1. The molecule has 2 aromatic heterocycles. The molecule has 0 fully saturated rings. The average Bonchev–Trinajstić information content (AvgIpc) is 3.21. The van der Waals surface area contributed by atoms with Crippen LogP contribution in [0.3, 0.4) is 0 Å². The van der Waals surface area contributed by atoms with Crippen LogP contribution in [-0.2, 0) is 22.6 Å². The fourth-order valence-corrected chi connectivity index (χ4v) is 4.49. The van der Waals surface area contributed by atoms with Crippen molar-refractivity contribution in [2.75, 3.05) is 11.1 Å². The van der Waals surface area contributed by atoms with Gasteiger partial charge in [0.25, 0.3) is 5.56 Å². The van der Waals surface area contributed by atoms with Gasteiger partial charge in [0.2, 0.25) is 11.8 Å². The molecule has 162 valence electrons. The molecule has 7 nitrogen and oxygen atoms in total. The molecule has 3 N–H and O–H groups in total. The fourth-order valence-electron chi connectivity index (χ4n) is 3.15. The van der Waals surface area contributed by atoms with E-state index in [-0.39, 0.29) is 29.5 Å². The Bertz CT molecular complexity index is 1120. The van der Waals surface area contributed by atoms with E-state index in [1.807, 2.05) is 50.4 Å². The third-order valence-electron chi connectivity index (χ3n) is 4.44. The monoisotopic (exact) mass is 456 g/mol. The number of thiophene rings is 1. The van der Waals surface area contributed by atoms with Gasteiger partial charge in [0.1, 0.15) is 0 Å². The Morgan fingerprint density at radius 3 is 2.55 bits per heavy atom. The molecule has 0 aliphatic heterocycles. The standard InChI is InChI=1S/C22H24N4O3S2/c1-13-7-14(2)21(15(3)8-13)25-20(29)12-31-22-24-16(10-19(28)26-22)9-18(27)23-11-17-5-4-6-30-17/h4-8,10H,9,11-12H2,1-3H3,(H,23,27)(H,25,29)(H,24,26,28). The third kappa shape index (κ3) is 6.80. The van der Waals surface area contributed by atoms with Crippen LogP contribution in [0.5, 0.6) is 0 Å². The molecule has 31 heavy (non-hydrogen) atoms. The summed E-state index contributed by atoms with van der Waals surface area (Å²) in [6.07, 6.45) is -0.00317. The van der Waals surface area contributed by atoms with E-state index >= 15 is 0 Å². The maximum Gasteiger partial charge on any atom is 0.251 e. The zero-order valence-corrected chi connectivity index (χ0v) is 19.2. The summed E-state index contributed by atoms with van der Waals surface area (Å²) in [6, 6.07) is 9.19. The molecule has 2 amide bonds. The van der Waals surface area contributed by atoms with Crippen molar-refractivity contribution in [3.63, 3.8) is 0 Å². The van der Waals surface area contributed by atoms with E-state index in [1.165, 1.54) is 6.07 Å². The summed E-state index contributed by atoms with van der Waals surface area (Å²) >= 11 is 2.68. The van der Waals surface area contributed by atoms with Gasteiger partial charge in [-0.15, -0.1) is 11.3 Å². The predicted molar refractivity (Wildman–Crippen MR) is 125 cm³/mol. The van der Waals surface area contributed by atoms with Crippen LogP contribution in [-0.4, -0.2) is 27.5 Å². The van der Waals surface area contributed by atoms with Gasteiger partial charge in [-0.1, -0.05) is 35.5 Å². The molecule has 3 rings (SSSR count). The van der Waals surface area contributed by atoms with Gasteiger partial charge >= 0.3 is 0 Å². The van der Waals surface area contributed by atoms with Gasteiger partial charge in [0, 0.05) is 16.6 Å². The number of nitrogens with one attached hydrogen (secondary N) is 3. The minimum Gasteiger partial charge on any atom is -0.351 e. The van der Waals surface area contributed by atoms with E-state index in [9.17, 15) is 14.4 Å². The normalized spacial score (nSPS) is 10.7. The van der Waals surface area contributed by atoms with Crippen LogP contribution in [0.15, 0.2) is 45.7 Å². The fraction of sp³-hybridized carbons (Fsp3) is 0.273. The SMILES string of the molecule is Cc1cc(C)c(NC(=O)CSc2nc(CC(=O)NCc3cccs3)cc(=O)[nH]2)c(C)c1. The van der Waals surface area contributed by atoms with Crippen LogP contribution in [0.25, 0.3) is 0 Å². The maximum absolute atomic E-state index is 12.4. The molecule has 1 aromatic carbocycles. The Balaban J connectivity index is 1.57. The van der Waals surface area contributed by atoms with E-state index < -0.39 is 0 Å². The van der Waals surface area contributed by atoms with Crippen LogP contribution in [0.4, 0.5) is 5.69 Å². The van der Waals surface area contributed by atoms with Crippen molar-refractivity contribution < 1.29 is 9.59 Å². The van der Waals surface area contributed by atoms with Crippen LogP contribution < -0.4 is 16.2 Å². The molecule has 9 heteroatoms. The lowest BCUT2D eigenvalue weighted by atomic mass is 10.1. The highest BCUT2D eigenvalue weighted by Crippen LogP contribution is 2.22. The lowest BCUT2D eigenvalue weighted by molar-refractivity contribution is -0.120. The summed E-state index contributed by atoms with van der Waals surface area (Å²) in [7, 11) is 0. The number of carbonyl (C=O) groups excluding carboxylic acids is 2. The Labute approximate surface area is 188 Å². The highest BCUT2D eigenvalue weighted by Gasteiger charge is 2.12. The van der Waals surface area contributed by atoms with Gasteiger partial charge in [-0.3, -0.25) is 14.4 Å². The number of aryl methyl sites for hydroxylation is 3. The molecule has 2 heterocycles. The van der Waals surface area contributed by atoms with E-state index in [0.29, 0.717) is 17.4 Å². The van der Waals surface area contributed by atoms with Crippen molar-refractivity contribution in [3.8, 4) is 0 Å². The van der Waals surface area contributed by atoms with Gasteiger partial charge in [-0.25, -0.2) is 4.98 Å². The first kappa shape index (κ1) is 22.8. The zero-order chi connectivity index (χ0) is 22.4. The van der Waals surface area contributed by atoms with Crippen molar-refractivity contribution in [2.24, 2.45) is 0 Å². The van der Waals surface area contributed by atoms with Crippen molar-refractivity contribution in [2.45, 2.75) is 38.9 Å². The number of nitrogens with zero attached hydrogens (tertiary/aromatic N) is 1. The molecule has 3 aromatic rings. The molecule has 0 spiro atoms. The largest absolute Gasteiger partial charge is 0.351 e. The number of rotatable bonds is 8. The number of carbonyl (C=O) groups is 2. The molecule has 0 saturated carbocycles. The predicted octanol–water partition coefficient (Wildman–Crippen LogP) is 3.35. The number of amides is 2. The van der Waals surface area contributed by atoms with Crippen molar-refractivity contribution >= 4 is 40.6 Å². The summed E-state index contributed by atoms with van der Waals surface area (Å²) < 4.78 is 0. The van der Waals surface area contributed by atoms with Gasteiger partial charge in [0.05, 0.1) is 24.4 Å². The summed E-state index contributed by atoms with van der Waals surface area (Å²) in [4.78, 5) is 44.5. The lowest BCUT2D eigenvalue weighted by Gasteiger charge is -2.12. The van der Waals surface area contributed by atoms with Crippen molar-refractivity contribution in [3.05, 3.63) is 73.3 Å². The van der Waals surface area contributed by atoms with Crippen LogP contribution in [0, 0.1) is 20.8 Å². The second-order valence-electron chi connectivity index (χ2n) is 7.19. The molecule has 0 atom stereocenters. The number of aromatic nitrogens is 2. The van der Waals surface area contributed by atoms with Gasteiger partial charge in [-0.2, -0.15) is 0 Å². The smallest absolute Gasteiger partial charge is 0.251 e. The molecule has 0 saturated heterocycles.